The van der Waals surface area contributed by atoms with Crippen LogP contribution in [0.1, 0.15) is 21.5 Å². The second-order valence-corrected chi connectivity index (χ2v) is 8.28. The third-order valence-corrected chi connectivity index (χ3v) is 5.71. The van der Waals surface area contributed by atoms with Crippen molar-refractivity contribution in [2.75, 3.05) is 0 Å². The molecule has 0 saturated carbocycles. The number of imidazole rings is 1. The zero-order valence-corrected chi connectivity index (χ0v) is 18.4. The molecular formula is C24H19ClN4O2S. The van der Waals surface area contributed by atoms with Gasteiger partial charge >= 0.3 is 0 Å². The molecule has 4 rings (SSSR count). The Bertz CT molecular complexity index is 1250. The van der Waals surface area contributed by atoms with Gasteiger partial charge in [0.2, 0.25) is 0 Å². The first-order valence-corrected chi connectivity index (χ1v) is 11.1. The quantitative estimate of drug-likeness (QED) is 0.214. The van der Waals surface area contributed by atoms with Crippen LogP contribution >= 0.6 is 23.4 Å². The van der Waals surface area contributed by atoms with E-state index in [1.165, 1.54) is 6.08 Å². The third kappa shape index (κ3) is 5.78. The molecule has 0 fully saturated rings. The van der Waals surface area contributed by atoms with Crippen LogP contribution in [0.15, 0.2) is 84.0 Å². The molecule has 1 heterocycles. The number of hydrogen-bond donors (Lipinski definition) is 3. The Morgan fingerprint density at radius 1 is 1.00 bits per heavy atom. The number of carbonyl (C=O) groups is 2. The SMILES string of the molecule is O=C(/C=C/c1cccc(Cl)c1)NNC(=O)c1ccc(CSc2nc3ccccc3[nH]2)cc1. The van der Waals surface area contributed by atoms with Gasteiger partial charge in [-0.05, 0) is 53.6 Å². The molecule has 6 nitrogen and oxygen atoms in total. The maximum absolute atomic E-state index is 12.3. The zero-order chi connectivity index (χ0) is 22.3. The Balaban J connectivity index is 1.26. The number of hydrogen-bond acceptors (Lipinski definition) is 4. The normalized spacial score (nSPS) is 11.0. The summed E-state index contributed by atoms with van der Waals surface area (Å²) in [5.74, 6) is -0.129. The predicted octanol–water partition coefficient (Wildman–Crippen LogP) is 4.98. The summed E-state index contributed by atoms with van der Waals surface area (Å²) in [6.07, 6.45) is 2.94. The summed E-state index contributed by atoms with van der Waals surface area (Å²) in [5, 5.41) is 1.43. The number of nitrogens with one attached hydrogen (secondary N) is 3. The van der Waals surface area contributed by atoms with Crippen LogP contribution in [0, 0.1) is 0 Å². The molecular weight excluding hydrogens is 444 g/mol. The highest BCUT2D eigenvalue weighted by Crippen LogP contribution is 2.23. The van der Waals surface area contributed by atoms with Gasteiger partial charge in [-0.1, -0.05) is 59.8 Å². The van der Waals surface area contributed by atoms with Crippen LogP contribution in [0.5, 0.6) is 0 Å². The number of nitrogens with zero attached hydrogens (tertiary/aromatic N) is 1. The van der Waals surface area contributed by atoms with Crippen LogP contribution in [0.25, 0.3) is 17.1 Å². The number of rotatable bonds is 6. The Labute approximate surface area is 194 Å². The molecule has 1 aromatic heterocycles. The summed E-state index contributed by atoms with van der Waals surface area (Å²) in [5.41, 5.74) is 9.00. The van der Waals surface area contributed by atoms with E-state index >= 15 is 0 Å². The van der Waals surface area contributed by atoms with Crippen molar-refractivity contribution in [1.82, 2.24) is 20.8 Å². The number of H-pyrrole nitrogens is 1. The van der Waals surface area contributed by atoms with Crippen molar-refractivity contribution in [3.63, 3.8) is 0 Å². The summed E-state index contributed by atoms with van der Waals surface area (Å²) >= 11 is 7.50. The number of thioether (sulfide) groups is 1. The van der Waals surface area contributed by atoms with Crippen molar-refractivity contribution < 1.29 is 9.59 Å². The number of para-hydroxylation sites is 2. The summed E-state index contributed by atoms with van der Waals surface area (Å²) in [6, 6.07) is 22.2. The molecule has 3 N–H and O–H groups in total. The van der Waals surface area contributed by atoms with Gasteiger partial charge in [0.25, 0.3) is 11.8 Å². The molecule has 0 atom stereocenters. The summed E-state index contributed by atoms with van der Waals surface area (Å²) in [6.45, 7) is 0. The lowest BCUT2D eigenvalue weighted by Gasteiger charge is -2.06. The van der Waals surface area contributed by atoms with E-state index in [0.29, 0.717) is 16.3 Å². The van der Waals surface area contributed by atoms with E-state index in [9.17, 15) is 9.59 Å². The molecule has 0 saturated heterocycles. The minimum Gasteiger partial charge on any atom is -0.333 e. The molecule has 0 unspecified atom stereocenters. The fourth-order valence-corrected chi connectivity index (χ4v) is 3.96. The van der Waals surface area contributed by atoms with Gasteiger partial charge in [0, 0.05) is 22.4 Å². The fraction of sp³-hybridized carbons (Fsp3) is 0.0417. The summed E-state index contributed by atoms with van der Waals surface area (Å²) < 4.78 is 0. The van der Waals surface area contributed by atoms with Crippen LogP contribution in [-0.2, 0) is 10.5 Å². The van der Waals surface area contributed by atoms with Crippen molar-refractivity contribution >= 4 is 52.3 Å². The minimum absolute atomic E-state index is 0.397. The number of amides is 2. The first-order valence-electron chi connectivity index (χ1n) is 9.77. The van der Waals surface area contributed by atoms with Crippen LogP contribution in [0.4, 0.5) is 0 Å². The van der Waals surface area contributed by atoms with Crippen LogP contribution in [0.2, 0.25) is 5.02 Å². The van der Waals surface area contributed by atoms with Crippen molar-refractivity contribution in [2.24, 2.45) is 0 Å². The molecule has 0 aliphatic heterocycles. The van der Waals surface area contributed by atoms with Gasteiger partial charge < -0.3 is 4.98 Å². The van der Waals surface area contributed by atoms with Gasteiger partial charge in [0.1, 0.15) is 0 Å². The molecule has 160 valence electrons. The number of aromatic nitrogens is 2. The van der Waals surface area contributed by atoms with Gasteiger partial charge in [-0.25, -0.2) is 4.98 Å². The monoisotopic (exact) mass is 462 g/mol. The standard InChI is InChI=1S/C24H19ClN4O2S/c25-19-5-3-4-16(14-19)10-13-22(30)28-29-23(31)18-11-8-17(9-12-18)15-32-24-26-20-6-1-2-7-21(20)27-24/h1-14H,15H2,(H,26,27)(H,28,30)(H,29,31)/b13-10+. The maximum atomic E-state index is 12.3. The molecule has 8 heteroatoms. The van der Waals surface area contributed by atoms with E-state index in [1.807, 2.05) is 42.5 Å². The lowest BCUT2D eigenvalue weighted by atomic mass is 10.1. The van der Waals surface area contributed by atoms with E-state index in [1.54, 1.807) is 48.2 Å². The van der Waals surface area contributed by atoms with Crippen molar-refractivity contribution in [2.45, 2.75) is 10.9 Å². The summed E-state index contributed by atoms with van der Waals surface area (Å²) in [4.78, 5) is 32.0. The highest BCUT2D eigenvalue weighted by Gasteiger charge is 2.07. The molecule has 32 heavy (non-hydrogen) atoms. The first-order chi connectivity index (χ1) is 15.6. The molecule has 0 aliphatic carbocycles. The molecule has 3 aromatic carbocycles. The molecule has 0 aliphatic rings. The number of halogens is 1. The number of carbonyl (C=O) groups excluding carboxylic acids is 2. The molecule has 0 radical (unpaired) electrons. The fourth-order valence-electron chi connectivity index (χ4n) is 2.92. The number of aromatic amines is 1. The highest BCUT2D eigenvalue weighted by molar-refractivity contribution is 7.98. The predicted molar refractivity (Wildman–Crippen MR) is 128 cm³/mol. The van der Waals surface area contributed by atoms with Gasteiger partial charge in [0.05, 0.1) is 11.0 Å². The van der Waals surface area contributed by atoms with Crippen LogP contribution in [-0.4, -0.2) is 21.8 Å². The Morgan fingerprint density at radius 3 is 2.59 bits per heavy atom. The van der Waals surface area contributed by atoms with E-state index in [0.717, 1.165) is 27.3 Å². The Hall–Kier alpha value is -3.55. The smallest absolute Gasteiger partial charge is 0.269 e. The van der Waals surface area contributed by atoms with Crippen LogP contribution in [0.3, 0.4) is 0 Å². The maximum Gasteiger partial charge on any atom is 0.269 e. The van der Waals surface area contributed by atoms with E-state index in [2.05, 4.69) is 20.8 Å². The lowest BCUT2D eigenvalue weighted by molar-refractivity contribution is -0.117. The third-order valence-electron chi connectivity index (χ3n) is 4.53. The zero-order valence-electron chi connectivity index (χ0n) is 16.8. The van der Waals surface area contributed by atoms with Crippen LogP contribution < -0.4 is 10.9 Å². The average Bonchev–Trinajstić information content (AvgIpc) is 3.23. The molecule has 0 spiro atoms. The largest absolute Gasteiger partial charge is 0.333 e. The lowest BCUT2D eigenvalue weighted by Crippen LogP contribution is -2.40. The molecule has 4 aromatic rings. The highest BCUT2D eigenvalue weighted by atomic mass is 35.5. The average molecular weight is 463 g/mol. The molecule has 0 bridgehead atoms. The van der Waals surface area contributed by atoms with E-state index in [-0.39, 0.29) is 0 Å². The van der Waals surface area contributed by atoms with Crippen molar-refractivity contribution in [3.05, 3.63) is 101 Å². The van der Waals surface area contributed by atoms with Crippen molar-refractivity contribution in [1.29, 1.82) is 0 Å². The molecule has 2 amide bonds. The van der Waals surface area contributed by atoms with E-state index in [4.69, 9.17) is 11.6 Å². The number of hydrazine groups is 1. The van der Waals surface area contributed by atoms with Gasteiger partial charge in [-0.2, -0.15) is 0 Å². The van der Waals surface area contributed by atoms with Gasteiger partial charge in [0.15, 0.2) is 5.16 Å². The van der Waals surface area contributed by atoms with Gasteiger partial charge in [-0.15, -0.1) is 0 Å². The Morgan fingerprint density at radius 2 is 1.81 bits per heavy atom. The Kier molecular flexibility index (Phi) is 6.89. The minimum atomic E-state index is -0.447. The number of fused-ring (bicyclic) bond motifs is 1. The summed E-state index contributed by atoms with van der Waals surface area (Å²) in [7, 11) is 0. The number of benzene rings is 3. The van der Waals surface area contributed by atoms with E-state index < -0.39 is 11.8 Å². The van der Waals surface area contributed by atoms with Gasteiger partial charge in [-0.3, -0.25) is 20.4 Å². The first kappa shape index (κ1) is 21.7. The second kappa shape index (κ2) is 10.2. The van der Waals surface area contributed by atoms with Crippen molar-refractivity contribution in [3.8, 4) is 0 Å². The second-order valence-electron chi connectivity index (χ2n) is 6.88. The topological polar surface area (TPSA) is 86.9 Å².